The molecule has 0 aliphatic rings. The highest BCUT2D eigenvalue weighted by atomic mass is 32.2. The normalized spacial score (nSPS) is 12.8. The van der Waals surface area contributed by atoms with Crippen LogP contribution < -0.4 is 4.72 Å². The number of nitrogens with one attached hydrogen (secondary N) is 1. The second kappa shape index (κ2) is 6.73. The van der Waals surface area contributed by atoms with Gasteiger partial charge >= 0.3 is 5.97 Å². The fourth-order valence-corrected chi connectivity index (χ4v) is 4.22. The minimum absolute atomic E-state index is 0.213. The number of benzene rings is 1. The first-order chi connectivity index (χ1) is 10.0. The molecular formula is C12H18N2O6S2. The molecule has 10 heteroatoms. The molecule has 0 bridgehead atoms. The van der Waals surface area contributed by atoms with Crippen LogP contribution in [0.2, 0.25) is 0 Å². The second-order valence-corrected chi connectivity index (χ2v) is 8.50. The lowest BCUT2D eigenvalue weighted by molar-refractivity contribution is -0.137. The van der Waals surface area contributed by atoms with Crippen molar-refractivity contribution in [1.82, 2.24) is 9.03 Å². The van der Waals surface area contributed by atoms with E-state index in [1.807, 2.05) is 0 Å². The molecule has 0 saturated carbocycles. The van der Waals surface area contributed by atoms with Crippen molar-refractivity contribution in [1.29, 1.82) is 0 Å². The summed E-state index contributed by atoms with van der Waals surface area (Å²) in [5.74, 6) is -1.30. The Labute approximate surface area is 129 Å². The van der Waals surface area contributed by atoms with Gasteiger partial charge in [0.05, 0.1) is 9.79 Å². The van der Waals surface area contributed by atoms with Gasteiger partial charge in [0.2, 0.25) is 20.0 Å². The van der Waals surface area contributed by atoms with Gasteiger partial charge in [0.25, 0.3) is 0 Å². The molecule has 0 spiro atoms. The van der Waals surface area contributed by atoms with Gasteiger partial charge < -0.3 is 5.11 Å². The third kappa shape index (κ3) is 4.03. The monoisotopic (exact) mass is 350 g/mol. The van der Waals surface area contributed by atoms with E-state index in [2.05, 4.69) is 4.72 Å². The van der Waals surface area contributed by atoms with Crippen molar-refractivity contribution in [2.45, 2.75) is 29.7 Å². The highest BCUT2D eigenvalue weighted by Crippen LogP contribution is 2.21. The van der Waals surface area contributed by atoms with Crippen LogP contribution in [0.3, 0.4) is 0 Å². The average molecular weight is 350 g/mol. The van der Waals surface area contributed by atoms with Crippen LogP contribution in [0.15, 0.2) is 34.1 Å². The molecule has 8 nitrogen and oxygen atoms in total. The summed E-state index contributed by atoms with van der Waals surface area (Å²) in [4.78, 5) is 10.4. The zero-order valence-electron chi connectivity index (χ0n) is 12.3. The lowest BCUT2D eigenvalue weighted by Gasteiger charge is -2.24. The van der Waals surface area contributed by atoms with Crippen LogP contribution in [-0.2, 0) is 24.8 Å². The lowest BCUT2D eigenvalue weighted by Crippen LogP contribution is -2.40. The van der Waals surface area contributed by atoms with Gasteiger partial charge in [-0.2, -0.15) is 4.31 Å². The summed E-state index contributed by atoms with van der Waals surface area (Å²) < 4.78 is 51.4. The van der Waals surface area contributed by atoms with Crippen LogP contribution in [0.1, 0.15) is 13.8 Å². The Kier molecular flexibility index (Phi) is 5.68. The van der Waals surface area contributed by atoms with E-state index in [9.17, 15) is 21.6 Å². The van der Waals surface area contributed by atoms with Gasteiger partial charge in [0.15, 0.2) is 0 Å². The molecule has 0 amide bonds. The van der Waals surface area contributed by atoms with E-state index >= 15 is 0 Å². The molecule has 0 saturated heterocycles. The van der Waals surface area contributed by atoms with Crippen LogP contribution in [-0.4, -0.2) is 51.9 Å². The Morgan fingerprint density at radius 3 is 2.23 bits per heavy atom. The van der Waals surface area contributed by atoms with Crippen LogP contribution in [0.25, 0.3) is 0 Å². The first-order valence-corrected chi connectivity index (χ1v) is 9.22. The lowest BCUT2D eigenvalue weighted by atomic mass is 10.4. The fraction of sp³-hybridized carbons (Fsp3) is 0.417. The zero-order valence-corrected chi connectivity index (χ0v) is 14.0. The third-order valence-electron chi connectivity index (χ3n) is 2.86. The number of carboxylic acids is 1. The van der Waals surface area contributed by atoms with Crippen molar-refractivity contribution in [2.24, 2.45) is 0 Å². The standard InChI is InChI=1S/C12H18N2O6S2/c1-9(2)14(8-12(15)16)22(19,20)11-6-4-5-10(7-11)21(17,18)13-3/h4-7,9,13H,8H2,1-3H3,(H,15,16). The van der Waals surface area contributed by atoms with Crippen molar-refractivity contribution < 1.29 is 26.7 Å². The Bertz CT molecular complexity index is 756. The van der Waals surface area contributed by atoms with Gasteiger partial charge in [-0.3, -0.25) is 4.79 Å². The smallest absolute Gasteiger partial charge is 0.318 e. The minimum Gasteiger partial charge on any atom is -0.480 e. The van der Waals surface area contributed by atoms with Gasteiger partial charge in [-0.15, -0.1) is 0 Å². The Morgan fingerprint density at radius 2 is 1.77 bits per heavy atom. The topological polar surface area (TPSA) is 121 Å². The van der Waals surface area contributed by atoms with Crippen molar-refractivity contribution >= 4 is 26.0 Å². The molecule has 22 heavy (non-hydrogen) atoms. The summed E-state index contributed by atoms with van der Waals surface area (Å²) in [5, 5.41) is 8.85. The Balaban J connectivity index is 3.39. The highest BCUT2D eigenvalue weighted by molar-refractivity contribution is 7.90. The summed E-state index contributed by atoms with van der Waals surface area (Å²) in [6.45, 7) is 2.37. The summed E-state index contributed by atoms with van der Waals surface area (Å²) >= 11 is 0. The van der Waals surface area contributed by atoms with Gasteiger partial charge in [0.1, 0.15) is 6.54 Å². The molecular weight excluding hydrogens is 332 g/mol. The van der Waals surface area contributed by atoms with Gasteiger partial charge in [0, 0.05) is 6.04 Å². The molecule has 0 aromatic heterocycles. The summed E-state index contributed by atoms with van der Waals surface area (Å²) in [6, 6.07) is 4.17. The van der Waals surface area contributed by atoms with Crippen molar-refractivity contribution in [3.05, 3.63) is 24.3 Å². The number of aliphatic carboxylic acids is 1. The van der Waals surface area contributed by atoms with Crippen LogP contribution in [0, 0.1) is 0 Å². The predicted molar refractivity (Wildman–Crippen MR) is 79.4 cm³/mol. The van der Waals surface area contributed by atoms with Crippen molar-refractivity contribution in [3.63, 3.8) is 0 Å². The molecule has 0 aliphatic heterocycles. The predicted octanol–water partition coefficient (Wildman–Crippen LogP) is 0.0784. The van der Waals surface area contributed by atoms with E-state index in [4.69, 9.17) is 5.11 Å². The maximum atomic E-state index is 12.5. The summed E-state index contributed by atoms with van der Waals surface area (Å²) in [6.07, 6.45) is 0. The quantitative estimate of drug-likeness (QED) is 0.718. The van der Waals surface area contributed by atoms with Crippen LogP contribution in [0.5, 0.6) is 0 Å². The number of hydrogen-bond acceptors (Lipinski definition) is 5. The largest absolute Gasteiger partial charge is 0.480 e. The average Bonchev–Trinajstić information content (AvgIpc) is 2.44. The van der Waals surface area contributed by atoms with E-state index in [1.165, 1.54) is 39.1 Å². The van der Waals surface area contributed by atoms with E-state index in [1.54, 1.807) is 0 Å². The molecule has 1 aromatic carbocycles. The maximum absolute atomic E-state index is 12.5. The Morgan fingerprint density at radius 1 is 1.23 bits per heavy atom. The molecule has 2 N–H and O–H groups in total. The van der Waals surface area contributed by atoms with Crippen LogP contribution >= 0.6 is 0 Å². The maximum Gasteiger partial charge on any atom is 0.318 e. The number of carbonyl (C=O) groups is 1. The third-order valence-corrected chi connectivity index (χ3v) is 6.29. The van der Waals surface area contributed by atoms with Gasteiger partial charge in [-0.25, -0.2) is 21.6 Å². The molecule has 1 rings (SSSR count). The molecule has 0 aliphatic carbocycles. The molecule has 0 atom stereocenters. The molecule has 1 aromatic rings. The zero-order chi connectivity index (χ0) is 17.1. The first-order valence-electron chi connectivity index (χ1n) is 6.29. The van der Waals surface area contributed by atoms with Gasteiger partial charge in [-0.1, -0.05) is 6.07 Å². The number of rotatable bonds is 7. The Hall–Kier alpha value is -1.49. The molecule has 0 radical (unpaired) electrons. The number of carboxylic acid groups (broad SMARTS) is 1. The minimum atomic E-state index is -4.13. The van der Waals surface area contributed by atoms with E-state index in [-0.39, 0.29) is 9.79 Å². The van der Waals surface area contributed by atoms with Crippen LogP contribution in [0.4, 0.5) is 0 Å². The molecule has 0 fully saturated rings. The number of nitrogens with zero attached hydrogens (tertiary/aromatic N) is 1. The molecule has 0 heterocycles. The van der Waals surface area contributed by atoms with Crippen molar-refractivity contribution in [3.8, 4) is 0 Å². The van der Waals surface area contributed by atoms with E-state index in [0.717, 1.165) is 10.4 Å². The molecule has 0 unspecified atom stereocenters. The summed E-state index contributed by atoms with van der Waals surface area (Å²) in [7, 11) is -6.72. The highest BCUT2D eigenvalue weighted by Gasteiger charge is 2.29. The SMILES string of the molecule is CNS(=O)(=O)c1cccc(S(=O)(=O)N(CC(=O)O)C(C)C)c1. The molecule has 124 valence electrons. The second-order valence-electron chi connectivity index (χ2n) is 4.72. The first kappa shape index (κ1) is 18.6. The van der Waals surface area contributed by atoms with E-state index in [0.29, 0.717) is 0 Å². The number of hydrogen-bond donors (Lipinski definition) is 2. The van der Waals surface area contributed by atoms with Crippen molar-refractivity contribution in [2.75, 3.05) is 13.6 Å². The summed E-state index contributed by atoms with van der Waals surface area (Å²) in [5.41, 5.74) is 0. The van der Waals surface area contributed by atoms with Gasteiger partial charge in [-0.05, 0) is 39.1 Å². The van der Waals surface area contributed by atoms with E-state index < -0.39 is 38.6 Å². The fourth-order valence-electron chi connectivity index (χ4n) is 1.73. The number of sulfonamides is 2.